The Labute approximate surface area is 230 Å². The van der Waals surface area contributed by atoms with Crippen LogP contribution in [0, 0.1) is 5.92 Å². The summed E-state index contributed by atoms with van der Waals surface area (Å²) in [6.45, 7) is 6.22. The van der Waals surface area contributed by atoms with E-state index in [1.165, 1.54) is 10.2 Å². The van der Waals surface area contributed by atoms with Gasteiger partial charge in [0.1, 0.15) is 0 Å². The van der Waals surface area contributed by atoms with Gasteiger partial charge in [-0.25, -0.2) is 4.68 Å². The third-order valence-electron chi connectivity index (χ3n) is 7.71. The van der Waals surface area contributed by atoms with Gasteiger partial charge in [-0.15, -0.1) is 0 Å². The van der Waals surface area contributed by atoms with Gasteiger partial charge in [0.25, 0.3) is 5.56 Å². The van der Waals surface area contributed by atoms with Crippen molar-refractivity contribution in [2.75, 3.05) is 44.2 Å². The van der Waals surface area contributed by atoms with E-state index in [4.69, 9.17) is 4.74 Å². The highest BCUT2D eigenvalue weighted by atomic mass is 16.5. The minimum Gasteiger partial charge on any atom is -0.378 e. The summed E-state index contributed by atoms with van der Waals surface area (Å²) in [7, 11) is 0. The second kappa shape index (κ2) is 13.5. The second-order valence-electron chi connectivity index (χ2n) is 10.6. The van der Waals surface area contributed by atoms with Gasteiger partial charge < -0.3 is 15.0 Å². The molecule has 1 unspecified atom stereocenters. The van der Waals surface area contributed by atoms with E-state index in [1.807, 2.05) is 30.3 Å². The number of benzene rings is 2. The lowest BCUT2D eigenvalue weighted by molar-refractivity contribution is -0.124. The fourth-order valence-corrected chi connectivity index (χ4v) is 5.43. The highest BCUT2D eigenvalue weighted by molar-refractivity contribution is 5.80. The number of likely N-dealkylation sites (tertiary alicyclic amines) is 1. The third kappa shape index (κ3) is 7.77. The van der Waals surface area contributed by atoms with Crippen LogP contribution in [0.4, 0.5) is 5.69 Å². The zero-order valence-corrected chi connectivity index (χ0v) is 22.6. The number of hydrogen-bond acceptors (Lipinski definition) is 6. The first-order valence-corrected chi connectivity index (χ1v) is 14.2. The second-order valence-corrected chi connectivity index (χ2v) is 10.6. The molecule has 8 nitrogen and oxygen atoms in total. The normalized spacial score (nSPS) is 18.4. The summed E-state index contributed by atoms with van der Waals surface area (Å²) in [6, 6.07) is 22.1. The third-order valence-corrected chi connectivity index (χ3v) is 7.71. The molecule has 39 heavy (non-hydrogen) atoms. The predicted molar refractivity (Wildman–Crippen MR) is 153 cm³/mol. The van der Waals surface area contributed by atoms with Crippen LogP contribution >= 0.6 is 0 Å². The lowest BCUT2D eigenvalue weighted by Gasteiger charge is -2.32. The first kappa shape index (κ1) is 27.1. The van der Waals surface area contributed by atoms with Crippen molar-refractivity contribution in [2.45, 2.75) is 44.9 Å². The molecule has 8 heteroatoms. The Balaban J connectivity index is 0.970. The summed E-state index contributed by atoms with van der Waals surface area (Å²) in [5, 5.41) is 7.45. The number of rotatable bonds is 11. The molecule has 206 valence electrons. The molecule has 3 aromatic rings. The molecule has 0 bridgehead atoms. The van der Waals surface area contributed by atoms with Crippen LogP contribution in [-0.4, -0.2) is 66.0 Å². The Kier molecular flexibility index (Phi) is 9.40. The van der Waals surface area contributed by atoms with Crippen LogP contribution in [0.2, 0.25) is 0 Å². The van der Waals surface area contributed by atoms with Crippen LogP contribution in [0.25, 0.3) is 0 Å². The number of amides is 1. The van der Waals surface area contributed by atoms with E-state index in [0.29, 0.717) is 32.3 Å². The molecule has 1 N–H and O–H groups in total. The average Bonchev–Trinajstić information content (AvgIpc) is 3.47. The molecule has 2 aromatic carbocycles. The van der Waals surface area contributed by atoms with Crippen LogP contribution in [0.1, 0.15) is 36.8 Å². The van der Waals surface area contributed by atoms with E-state index in [0.717, 1.165) is 63.1 Å². The summed E-state index contributed by atoms with van der Waals surface area (Å²) in [4.78, 5) is 29.9. The molecular formula is C31H39N5O3. The minimum absolute atomic E-state index is 0.0772. The molecule has 1 amide bonds. The number of carbonyl (C=O) groups is 1. The zero-order valence-electron chi connectivity index (χ0n) is 22.6. The fourth-order valence-electron chi connectivity index (χ4n) is 5.43. The van der Waals surface area contributed by atoms with Gasteiger partial charge in [-0.05, 0) is 36.8 Å². The van der Waals surface area contributed by atoms with Gasteiger partial charge >= 0.3 is 0 Å². The molecule has 0 saturated carbocycles. The quantitative estimate of drug-likeness (QED) is 0.384. The van der Waals surface area contributed by atoms with Crippen molar-refractivity contribution in [3.8, 4) is 0 Å². The Morgan fingerprint density at radius 1 is 0.923 bits per heavy atom. The van der Waals surface area contributed by atoms with Gasteiger partial charge in [-0.2, -0.15) is 5.10 Å². The van der Waals surface area contributed by atoms with E-state index >= 15 is 0 Å². The number of piperidine rings is 1. The van der Waals surface area contributed by atoms with Crippen LogP contribution in [0.15, 0.2) is 77.7 Å². The number of nitrogens with one attached hydrogen (secondary N) is 1. The molecule has 5 rings (SSSR count). The van der Waals surface area contributed by atoms with Crippen molar-refractivity contribution >= 4 is 11.6 Å². The molecule has 3 heterocycles. The van der Waals surface area contributed by atoms with E-state index in [1.54, 1.807) is 12.3 Å². The fraction of sp³-hybridized carbons (Fsp3) is 0.452. The summed E-state index contributed by atoms with van der Waals surface area (Å²) in [6.07, 6.45) is 5.75. The number of hydrogen-bond donors (Lipinski definition) is 1. The molecule has 2 fully saturated rings. The smallest absolute Gasteiger partial charge is 0.269 e. The van der Waals surface area contributed by atoms with Gasteiger partial charge in [-0.1, -0.05) is 60.7 Å². The molecule has 0 aliphatic carbocycles. The average molecular weight is 530 g/mol. The number of carbonyl (C=O) groups excluding carboxylic acids is 1. The van der Waals surface area contributed by atoms with E-state index < -0.39 is 0 Å². The van der Waals surface area contributed by atoms with Crippen LogP contribution in [0.5, 0.6) is 0 Å². The summed E-state index contributed by atoms with van der Waals surface area (Å²) in [5.41, 5.74) is 3.04. The van der Waals surface area contributed by atoms with Crippen molar-refractivity contribution in [2.24, 2.45) is 5.92 Å². The number of nitrogens with zero attached hydrogens (tertiary/aromatic N) is 4. The SMILES string of the molecule is O=C(NCCCOC1CCN(Cc2ccccc2)CC1)C1CCN(c2cnn(Cc3ccccc3)c(=O)c2)C1. The lowest BCUT2D eigenvalue weighted by Crippen LogP contribution is -2.37. The largest absolute Gasteiger partial charge is 0.378 e. The van der Waals surface area contributed by atoms with Gasteiger partial charge in [0.05, 0.1) is 30.5 Å². The van der Waals surface area contributed by atoms with Crippen molar-refractivity contribution in [3.63, 3.8) is 0 Å². The highest BCUT2D eigenvalue weighted by Crippen LogP contribution is 2.22. The van der Waals surface area contributed by atoms with E-state index in [2.05, 4.69) is 50.5 Å². The molecule has 2 saturated heterocycles. The van der Waals surface area contributed by atoms with Crippen LogP contribution in [-0.2, 0) is 22.6 Å². The molecule has 2 aliphatic rings. The molecule has 2 aliphatic heterocycles. The highest BCUT2D eigenvalue weighted by Gasteiger charge is 2.28. The maximum Gasteiger partial charge on any atom is 0.269 e. The first-order valence-electron chi connectivity index (χ1n) is 14.2. The minimum atomic E-state index is -0.133. The maximum atomic E-state index is 12.7. The lowest BCUT2D eigenvalue weighted by atomic mass is 10.1. The van der Waals surface area contributed by atoms with Crippen molar-refractivity contribution in [3.05, 3.63) is 94.4 Å². The van der Waals surface area contributed by atoms with Crippen molar-refractivity contribution < 1.29 is 9.53 Å². The zero-order chi connectivity index (χ0) is 26.9. The van der Waals surface area contributed by atoms with Crippen LogP contribution < -0.4 is 15.8 Å². The summed E-state index contributed by atoms with van der Waals surface area (Å²) >= 11 is 0. The van der Waals surface area contributed by atoms with Crippen LogP contribution in [0.3, 0.4) is 0 Å². The van der Waals surface area contributed by atoms with Crippen molar-refractivity contribution in [1.29, 1.82) is 0 Å². The summed E-state index contributed by atoms with van der Waals surface area (Å²) < 4.78 is 7.56. The van der Waals surface area contributed by atoms with Crippen molar-refractivity contribution in [1.82, 2.24) is 20.0 Å². The van der Waals surface area contributed by atoms with Gasteiger partial charge in [0, 0.05) is 51.9 Å². The molecule has 0 spiro atoms. The molecular weight excluding hydrogens is 490 g/mol. The molecule has 0 radical (unpaired) electrons. The van der Waals surface area contributed by atoms with Gasteiger partial charge in [-0.3, -0.25) is 14.5 Å². The first-order chi connectivity index (χ1) is 19.1. The Bertz CT molecular complexity index is 1240. The standard InChI is InChI=1S/C31H39N5O3/c37-30-20-28(21-33-36(30)23-26-10-5-2-6-11-26)35-18-12-27(24-35)31(38)32-15-7-19-39-29-13-16-34(17-14-29)22-25-8-3-1-4-9-25/h1-6,8-11,20-21,27,29H,7,12-19,22-24H2,(H,32,38). The van der Waals surface area contributed by atoms with E-state index in [9.17, 15) is 9.59 Å². The number of ether oxygens (including phenoxy) is 1. The molecule has 1 atom stereocenters. The van der Waals surface area contributed by atoms with E-state index in [-0.39, 0.29) is 17.4 Å². The Morgan fingerprint density at radius 3 is 2.31 bits per heavy atom. The topological polar surface area (TPSA) is 79.7 Å². The van der Waals surface area contributed by atoms with Gasteiger partial charge in [0.2, 0.25) is 5.91 Å². The van der Waals surface area contributed by atoms with Gasteiger partial charge in [0.15, 0.2) is 0 Å². The Morgan fingerprint density at radius 2 is 1.62 bits per heavy atom. The Hall–Kier alpha value is -3.49. The molecule has 1 aromatic heterocycles. The predicted octanol–water partition coefficient (Wildman–Crippen LogP) is 3.31. The number of anilines is 1. The summed E-state index contributed by atoms with van der Waals surface area (Å²) in [5.74, 6) is 0.00344. The number of aromatic nitrogens is 2. The maximum absolute atomic E-state index is 12.7. The monoisotopic (exact) mass is 529 g/mol.